The summed E-state index contributed by atoms with van der Waals surface area (Å²) in [6.07, 6.45) is 0. The molecule has 4 heteroatoms. The van der Waals surface area contributed by atoms with Gasteiger partial charge in [0.1, 0.15) is 5.60 Å². The summed E-state index contributed by atoms with van der Waals surface area (Å²) in [4.78, 5) is 4.62. The van der Waals surface area contributed by atoms with Crippen molar-refractivity contribution >= 4 is 5.96 Å². The van der Waals surface area contributed by atoms with E-state index < -0.39 is 5.60 Å². The van der Waals surface area contributed by atoms with Crippen molar-refractivity contribution in [1.82, 2.24) is 10.6 Å². The molecule has 4 nitrogen and oxygen atoms in total. The molecule has 0 saturated carbocycles. The lowest BCUT2D eigenvalue weighted by Crippen LogP contribution is -2.44. The van der Waals surface area contributed by atoms with Crippen molar-refractivity contribution in [2.75, 3.05) is 13.1 Å². The molecule has 0 aliphatic heterocycles. The third kappa shape index (κ3) is 5.10. The van der Waals surface area contributed by atoms with E-state index in [0.29, 0.717) is 19.0 Å². The van der Waals surface area contributed by atoms with Gasteiger partial charge in [0.25, 0.3) is 0 Å². The second-order valence-electron chi connectivity index (χ2n) is 6.12. The van der Waals surface area contributed by atoms with E-state index in [-0.39, 0.29) is 0 Å². The molecule has 0 aromatic heterocycles. The van der Waals surface area contributed by atoms with Crippen LogP contribution in [0.25, 0.3) is 0 Å². The molecule has 0 bridgehead atoms. The molecule has 1 unspecified atom stereocenters. The maximum absolute atomic E-state index is 10.7. The first-order valence-corrected chi connectivity index (χ1v) is 8.37. The summed E-state index contributed by atoms with van der Waals surface area (Å²) in [5.74, 6) is 0.706. The quantitative estimate of drug-likeness (QED) is 0.565. The molecule has 128 valence electrons. The summed E-state index contributed by atoms with van der Waals surface area (Å²) in [5.41, 5.74) is 2.35. The van der Waals surface area contributed by atoms with Gasteiger partial charge < -0.3 is 15.7 Å². The molecule has 0 heterocycles. The van der Waals surface area contributed by atoms with Gasteiger partial charge in [0.05, 0.1) is 13.1 Å². The molecule has 0 amide bonds. The summed E-state index contributed by atoms with van der Waals surface area (Å²) in [6, 6.07) is 17.9. The van der Waals surface area contributed by atoms with Gasteiger partial charge in [-0.25, -0.2) is 4.99 Å². The van der Waals surface area contributed by atoms with Crippen LogP contribution in [-0.2, 0) is 12.1 Å². The van der Waals surface area contributed by atoms with E-state index in [9.17, 15) is 5.11 Å². The summed E-state index contributed by atoms with van der Waals surface area (Å²) < 4.78 is 0. The van der Waals surface area contributed by atoms with Crippen LogP contribution >= 0.6 is 0 Å². The largest absolute Gasteiger partial charge is 0.384 e. The second-order valence-corrected chi connectivity index (χ2v) is 6.12. The van der Waals surface area contributed by atoms with Crippen LogP contribution in [-0.4, -0.2) is 24.2 Å². The second kappa shape index (κ2) is 8.50. The Labute approximate surface area is 144 Å². The van der Waals surface area contributed by atoms with E-state index in [4.69, 9.17) is 0 Å². The van der Waals surface area contributed by atoms with Gasteiger partial charge in [0.15, 0.2) is 5.96 Å². The van der Waals surface area contributed by atoms with Gasteiger partial charge in [-0.05, 0) is 37.5 Å². The number of aliphatic imine (C=N–C) groups is 1. The first-order valence-electron chi connectivity index (χ1n) is 8.37. The Bertz CT molecular complexity index is 666. The predicted octanol–water partition coefficient (Wildman–Crippen LogP) is 2.96. The summed E-state index contributed by atoms with van der Waals surface area (Å²) >= 11 is 0. The average Bonchev–Trinajstić information content (AvgIpc) is 2.59. The van der Waals surface area contributed by atoms with E-state index in [2.05, 4.69) is 34.7 Å². The Kier molecular flexibility index (Phi) is 6.38. The molecule has 2 aromatic rings. The molecular weight excluding hydrogens is 298 g/mol. The first-order chi connectivity index (χ1) is 11.5. The Balaban J connectivity index is 2.03. The highest BCUT2D eigenvalue weighted by molar-refractivity contribution is 5.79. The van der Waals surface area contributed by atoms with Crippen molar-refractivity contribution < 1.29 is 5.11 Å². The number of aliphatic hydroxyl groups is 1. The molecule has 0 spiro atoms. The first kappa shape index (κ1) is 18.0. The Morgan fingerprint density at radius 2 is 1.71 bits per heavy atom. The highest BCUT2D eigenvalue weighted by atomic mass is 16.3. The van der Waals surface area contributed by atoms with Gasteiger partial charge in [0.2, 0.25) is 0 Å². The van der Waals surface area contributed by atoms with Crippen LogP contribution < -0.4 is 10.6 Å². The van der Waals surface area contributed by atoms with Crippen LogP contribution in [0.2, 0.25) is 0 Å². The predicted molar refractivity (Wildman–Crippen MR) is 100 cm³/mol. The minimum atomic E-state index is -0.958. The zero-order chi connectivity index (χ0) is 17.4. The van der Waals surface area contributed by atoms with Gasteiger partial charge in [-0.2, -0.15) is 0 Å². The van der Waals surface area contributed by atoms with Crippen molar-refractivity contribution in [1.29, 1.82) is 0 Å². The number of nitrogens with one attached hydrogen (secondary N) is 2. The monoisotopic (exact) mass is 325 g/mol. The van der Waals surface area contributed by atoms with Gasteiger partial charge in [-0.1, -0.05) is 54.6 Å². The van der Waals surface area contributed by atoms with Crippen molar-refractivity contribution in [2.45, 2.75) is 32.9 Å². The van der Waals surface area contributed by atoms with Crippen molar-refractivity contribution in [2.24, 2.45) is 4.99 Å². The minimum absolute atomic E-state index is 0.386. The van der Waals surface area contributed by atoms with E-state index in [0.717, 1.165) is 12.1 Å². The van der Waals surface area contributed by atoms with Crippen LogP contribution in [0, 0.1) is 6.92 Å². The van der Waals surface area contributed by atoms with Crippen molar-refractivity contribution in [3.05, 3.63) is 71.3 Å². The number of guanidine groups is 1. The van der Waals surface area contributed by atoms with E-state index >= 15 is 0 Å². The number of benzene rings is 2. The maximum Gasteiger partial charge on any atom is 0.191 e. The Morgan fingerprint density at radius 1 is 1.04 bits per heavy atom. The van der Waals surface area contributed by atoms with Gasteiger partial charge >= 0.3 is 0 Å². The third-order valence-corrected chi connectivity index (χ3v) is 4.01. The molecule has 0 saturated heterocycles. The van der Waals surface area contributed by atoms with Crippen molar-refractivity contribution in [3.63, 3.8) is 0 Å². The molecule has 2 aromatic carbocycles. The molecule has 0 aliphatic carbocycles. The van der Waals surface area contributed by atoms with Crippen molar-refractivity contribution in [3.8, 4) is 0 Å². The molecule has 0 radical (unpaired) electrons. The molecular formula is C20H27N3O. The normalized spacial score (nSPS) is 14.1. The number of rotatable bonds is 6. The summed E-state index contributed by atoms with van der Waals surface area (Å²) in [6.45, 7) is 7.69. The molecule has 0 fully saturated rings. The molecule has 3 N–H and O–H groups in total. The van der Waals surface area contributed by atoms with E-state index in [1.807, 2.05) is 49.4 Å². The van der Waals surface area contributed by atoms with Crippen LogP contribution in [0.5, 0.6) is 0 Å². The summed E-state index contributed by atoms with van der Waals surface area (Å²) in [5, 5.41) is 17.1. The number of hydrogen-bond donors (Lipinski definition) is 3. The number of aryl methyl sites for hydroxylation is 1. The van der Waals surface area contributed by atoms with Gasteiger partial charge in [0, 0.05) is 6.54 Å². The fourth-order valence-corrected chi connectivity index (χ4v) is 2.45. The fraction of sp³-hybridized carbons (Fsp3) is 0.350. The topological polar surface area (TPSA) is 56.7 Å². The van der Waals surface area contributed by atoms with Gasteiger partial charge in [-0.3, -0.25) is 0 Å². The Hall–Kier alpha value is -2.33. The van der Waals surface area contributed by atoms with Crippen LogP contribution in [0.15, 0.2) is 59.6 Å². The highest BCUT2D eigenvalue weighted by Crippen LogP contribution is 2.18. The SMILES string of the molecule is CCNC(=NCc1ccccc1C)NCC(C)(O)c1ccccc1. The smallest absolute Gasteiger partial charge is 0.191 e. The number of nitrogens with zero attached hydrogens (tertiary/aromatic N) is 1. The molecule has 0 aliphatic rings. The van der Waals surface area contributed by atoms with Gasteiger partial charge in [-0.15, -0.1) is 0 Å². The van der Waals surface area contributed by atoms with Crippen LogP contribution in [0.4, 0.5) is 0 Å². The molecule has 1 atom stereocenters. The standard InChI is InChI=1S/C20H27N3O/c1-4-21-19(22-14-17-11-9-8-10-16(17)2)23-15-20(3,24)18-12-6-5-7-13-18/h5-13,24H,4,14-15H2,1-3H3,(H2,21,22,23). The fourth-order valence-electron chi connectivity index (χ4n) is 2.45. The van der Waals surface area contributed by atoms with E-state index in [1.165, 1.54) is 11.1 Å². The lowest BCUT2D eigenvalue weighted by molar-refractivity contribution is 0.0617. The lowest BCUT2D eigenvalue weighted by Gasteiger charge is -2.25. The highest BCUT2D eigenvalue weighted by Gasteiger charge is 2.22. The molecule has 2 rings (SSSR count). The number of hydrogen-bond acceptors (Lipinski definition) is 2. The Morgan fingerprint density at radius 3 is 2.38 bits per heavy atom. The van der Waals surface area contributed by atoms with Crippen LogP contribution in [0.3, 0.4) is 0 Å². The zero-order valence-corrected chi connectivity index (χ0v) is 14.7. The lowest BCUT2D eigenvalue weighted by atomic mass is 9.96. The zero-order valence-electron chi connectivity index (χ0n) is 14.7. The minimum Gasteiger partial charge on any atom is -0.384 e. The van der Waals surface area contributed by atoms with Crippen LogP contribution in [0.1, 0.15) is 30.5 Å². The molecule has 24 heavy (non-hydrogen) atoms. The summed E-state index contributed by atoms with van der Waals surface area (Å²) in [7, 11) is 0. The average molecular weight is 325 g/mol. The maximum atomic E-state index is 10.7. The third-order valence-electron chi connectivity index (χ3n) is 4.01. The van der Waals surface area contributed by atoms with E-state index in [1.54, 1.807) is 6.92 Å².